The fourth-order valence-electron chi connectivity index (χ4n) is 2.36. The van der Waals surface area contributed by atoms with E-state index < -0.39 is 18.0 Å². The minimum atomic E-state index is -0.795. The number of carbonyl (C=O) groups is 2. The van der Waals surface area contributed by atoms with Crippen molar-refractivity contribution < 1.29 is 14.3 Å². The number of amides is 2. The molecule has 0 spiro atoms. The summed E-state index contributed by atoms with van der Waals surface area (Å²) in [6.07, 6.45) is 7.74. The zero-order valence-electron chi connectivity index (χ0n) is 12.7. The van der Waals surface area contributed by atoms with Crippen LogP contribution < -0.4 is 0 Å². The zero-order chi connectivity index (χ0) is 15.5. The van der Waals surface area contributed by atoms with Gasteiger partial charge >= 0.3 is 6.09 Å². The van der Waals surface area contributed by atoms with Crippen LogP contribution in [-0.2, 0) is 9.53 Å². The summed E-state index contributed by atoms with van der Waals surface area (Å²) in [5.41, 5.74) is 8.57. The van der Waals surface area contributed by atoms with Crippen molar-refractivity contribution in [3.8, 4) is 0 Å². The van der Waals surface area contributed by atoms with Crippen molar-refractivity contribution in [2.75, 3.05) is 13.2 Å². The minimum absolute atomic E-state index is 0.213. The van der Waals surface area contributed by atoms with E-state index in [4.69, 9.17) is 10.3 Å². The monoisotopic (exact) mass is 296 g/mol. The molecular weight excluding hydrogens is 272 g/mol. The van der Waals surface area contributed by atoms with Gasteiger partial charge in [0, 0.05) is 4.91 Å². The Morgan fingerprint density at radius 2 is 2.00 bits per heavy atom. The molecule has 0 aromatic carbocycles. The topological polar surface area (TPSA) is 95.4 Å². The maximum atomic E-state index is 12.1. The summed E-state index contributed by atoms with van der Waals surface area (Å²) >= 11 is 0. The van der Waals surface area contributed by atoms with E-state index in [0.717, 1.165) is 24.2 Å². The van der Waals surface area contributed by atoms with E-state index in [1.165, 1.54) is 25.7 Å². The maximum Gasteiger partial charge on any atom is 0.416 e. The lowest BCUT2D eigenvalue weighted by Gasteiger charge is -2.16. The highest BCUT2D eigenvalue weighted by Crippen LogP contribution is 2.15. The lowest BCUT2D eigenvalue weighted by atomic mass is 10.0. The normalized spacial score (nSPS) is 15.5. The number of azide groups is 1. The lowest BCUT2D eigenvalue weighted by Crippen LogP contribution is -2.38. The summed E-state index contributed by atoms with van der Waals surface area (Å²) in [4.78, 5) is 27.2. The fourth-order valence-corrected chi connectivity index (χ4v) is 2.36. The predicted molar refractivity (Wildman–Crippen MR) is 78.6 cm³/mol. The number of carbonyl (C=O) groups excluding carboxylic acids is 2. The molecule has 0 aromatic heterocycles. The van der Waals surface area contributed by atoms with Crippen LogP contribution in [0.25, 0.3) is 10.4 Å². The minimum Gasteiger partial charge on any atom is -0.447 e. The van der Waals surface area contributed by atoms with Crippen LogP contribution in [0.4, 0.5) is 4.79 Å². The second-order valence-electron chi connectivity index (χ2n) is 5.23. The third-order valence-corrected chi connectivity index (χ3v) is 3.58. The number of hydrogen-bond donors (Lipinski definition) is 0. The van der Waals surface area contributed by atoms with E-state index in [9.17, 15) is 9.59 Å². The van der Waals surface area contributed by atoms with Gasteiger partial charge in [-0.2, -0.15) is 0 Å². The summed E-state index contributed by atoms with van der Waals surface area (Å²) in [5.74, 6) is -0.443. The van der Waals surface area contributed by atoms with Gasteiger partial charge in [-0.05, 0) is 12.0 Å². The SMILES string of the molecule is CCCCCCCCCC(N=[N+]=[N-])C(=O)N1CCOC1=O. The predicted octanol–water partition coefficient (Wildman–Crippen LogP) is 3.78. The van der Waals surface area contributed by atoms with Crippen molar-refractivity contribution in [2.24, 2.45) is 5.11 Å². The van der Waals surface area contributed by atoms with Crippen molar-refractivity contribution in [1.82, 2.24) is 4.90 Å². The molecule has 118 valence electrons. The molecule has 1 fully saturated rings. The van der Waals surface area contributed by atoms with Gasteiger partial charge in [-0.15, -0.1) is 0 Å². The number of imide groups is 1. The van der Waals surface area contributed by atoms with E-state index in [1.54, 1.807) is 0 Å². The summed E-state index contributed by atoms with van der Waals surface area (Å²) in [5, 5.41) is 3.53. The molecule has 1 saturated heterocycles. The highest BCUT2D eigenvalue weighted by Gasteiger charge is 2.32. The van der Waals surface area contributed by atoms with Crippen molar-refractivity contribution in [2.45, 2.75) is 64.3 Å². The average Bonchev–Trinajstić information content (AvgIpc) is 2.90. The van der Waals surface area contributed by atoms with E-state index >= 15 is 0 Å². The van der Waals surface area contributed by atoms with E-state index in [-0.39, 0.29) is 13.2 Å². The number of nitrogens with zero attached hydrogens (tertiary/aromatic N) is 4. The first kappa shape index (κ1) is 17.3. The van der Waals surface area contributed by atoms with Crippen LogP contribution >= 0.6 is 0 Å². The van der Waals surface area contributed by atoms with Crippen molar-refractivity contribution in [1.29, 1.82) is 0 Å². The second kappa shape index (κ2) is 10.0. The van der Waals surface area contributed by atoms with Crippen LogP contribution in [0.5, 0.6) is 0 Å². The Bertz CT molecular complexity index is 394. The summed E-state index contributed by atoms with van der Waals surface area (Å²) in [6.45, 7) is 2.64. The smallest absolute Gasteiger partial charge is 0.416 e. The average molecular weight is 296 g/mol. The highest BCUT2D eigenvalue weighted by atomic mass is 16.6. The first-order valence-electron chi connectivity index (χ1n) is 7.73. The van der Waals surface area contributed by atoms with Crippen LogP contribution in [0.15, 0.2) is 5.11 Å². The first-order chi connectivity index (χ1) is 10.2. The molecule has 7 heteroatoms. The van der Waals surface area contributed by atoms with Crippen LogP contribution in [0.3, 0.4) is 0 Å². The number of ether oxygens (including phenoxy) is 1. The van der Waals surface area contributed by atoms with Crippen LogP contribution in [-0.4, -0.2) is 36.1 Å². The van der Waals surface area contributed by atoms with Crippen LogP contribution in [0.2, 0.25) is 0 Å². The Hall–Kier alpha value is -1.75. The van der Waals surface area contributed by atoms with E-state index in [0.29, 0.717) is 6.42 Å². The third kappa shape index (κ3) is 6.04. The van der Waals surface area contributed by atoms with Crippen LogP contribution in [0.1, 0.15) is 58.3 Å². The Balaban J connectivity index is 2.31. The molecule has 1 aliphatic heterocycles. The molecule has 7 nitrogen and oxygen atoms in total. The summed E-state index contributed by atoms with van der Waals surface area (Å²) in [6, 6.07) is -0.795. The summed E-state index contributed by atoms with van der Waals surface area (Å²) in [7, 11) is 0. The molecule has 0 aliphatic carbocycles. The molecule has 1 heterocycles. The Labute approximate surface area is 125 Å². The molecule has 1 aliphatic rings. The van der Waals surface area contributed by atoms with E-state index in [1.807, 2.05) is 0 Å². The van der Waals surface area contributed by atoms with E-state index in [2.05, 4.69) is 16.9 Å². The van der Waals surface area contributed by atoms with Gasteiger partial charge in [0.25, 0.3) is 0 Å². The Morgan fingerprint density at radius 1 is 1.33 bits per heavy atom. The molecule has 1 atom stereocenters. The van der Waals surface area contributed by atoms with Gasteiger partial charge in [0.05, 0.1) is 6.54 Å². The quantitative estimate of drug-likeness (QED) is 0.265. The number of hydrogen-bond acceptors (Lipinski definition) is 4. The maximum absolute atomic E-state index is 12.1. The molecule has 0 saturated carbocycles. The standard InChI is InChI=1S/C14H24N4O3/c1-2-3-4-5-6-7-8-9-12(16-17-15)13(19)18-10-11-21-14(18)20/h12H,2-11H2,1H3. The molecule has 21 heavy (non-hydrogen) atoms. The van der Waals surface area contributed by atoms with Gasteiger partial charge in [0.15, 0.2) is 0 Å². The number of cyclic esters (lactones) is 1. The largest absolute Gasteiger partial charge is 0.447 e. The van der Waals surface area contributed by atoms with Crippen molar-refractivity contribution in [3.63, 3.8) is 0 Å². The van der Waals surface area contributed by atoms with Gasteiger partial charge in [-0.1, -0.05) is 57.0 Å². The van der Waals surface area contributed by atoms with Crippen molar-refractivity contribution >= 4 is 12.0 Å². The molecule has 1 rings (SSSR count). The number of unbranched alkanes of at least 4 members (excludes halogenated alkanes) is 6. The third-order valence-electron chi connectivity index (χ3n) is 3.58. The zero-order valence-corrected chi connectivity index (χ0v) is 12.7. The second-order valence-corrected chi connectivity index (χ2v) is 5.23. The summed E-state index contributed by atoms with van der Waals surface area (Å²) < 4.78 is 4.73. The molecule has 0 bridgehead atoms. The molecule has 1 unspecified atom stereocenters. The van der Waals surface area contributed by atoms with Gasteiger partial charge < -0.3 is 4.74 Å². The van der Waals surface area contributed by atoms with Crippen LogP contribution in [0, 0.1) is 0 Å². The Morgan fingerprint density at radius 3 is 2.57 bits per heavy atom. The molecule has 2 amide bonds. The lowest BCUT2D eigenvalue weighted by molar-refractivity contribution is -0.129. The molecule has 0 N–H and O–H groups in total. The first-order valence-corrected chi connectivity index (χ1v) is 7.73. The van der Waals surface area contributed by atoms with Gasteiger partial charge in [-0.3, -0.25) is 4.79 Å². The molecule has 0 radical (unpaired) electrons. The molecular formula is C14H24N4O3. The fraction of sp³-hybridized carbons (Fsp3) is 0.857. The number of rotatable bonds is 10. The van der Waals surface area contributed by atoms with Crippen molar-refractivity contribution in [3.05, 3.63) is 10.4 Å². The van der Waals surface area contributed by atoms with Gasteiger partial charge in [0.2, 0.25) is 5.91 Å². The van der Waals surface area contributed by atoms with Gasteiger partial charge in [0.1, 0.15) is 12.6 Å². The Kier molecular flexibility index (Phi) is 8.28. The van der Waals surface area contributed by atoms with Gasteiger partial charge in [-0.25, -0.2) is 9.69 Å². The molecule has 0 aromatic rings. The highest BCUT2D eigenvalue weighted by molar-refractivity contribution is 5.95.